The second kappa shape index (κ2) is 5.93. The van der Waals surface area contributed by atoms with Crippen LogP contribution in [0.2, 0.25) is 5.02 Å². The summed E-state index contributed by atoms with van der Waals surface area (Å²) in [5, 5.41) is 12.7. The Morgan fingerprint density at radius 2 is 2.19 bits per heavy atom. The largest absolute Gasteiger partial charge is 0.481 e. The number of anilines is 1. The number of nitrogens with zero attached hydrogens (tertiary/aromatic N) is 1. The molecule has 2 rings (SSSR count). The lowest BCUT2D eigenvalue weighted by atomic mass is 9.84. The second-order valence-electron chi connectivity index (χ2n) is 5.50. The molecule has 21 heavy (non-hydrogen) atoms. The first-order chi connectivity index (χ1) is 9.88. The maximum Gasteiger partial charge on any atom is 0.321 e. The molecule has 1 aromatic carbocycles. The molecular weight excluding hydrogens is 292 g/mol. The summed E-state index contributed by atoms with van der Waals surface area (Å²) in [7, 11) is 0. The van der Waals surface area contributed by atoms with Gasteiger partial charge >= 0.3 is 12.0 Å². The molecule has 1 aliphatic rings. The summed E-state index contributed by atoms with van der Waals surface area (Å²) >= 11 is 5.93. The van der Waals surface area contributed by atoms with E-state index in [1.807, 2.05) is 19.9 Å². The van der Waals surface area contributed by atoms with Crippen molar-refractivity contribution < 1.29 is 14.7 Å². The van der Waals surface area contributed by atoms with E-state index >= 15 is 0 Å². The molecule has 1 atom stereocenters. The molecule has 1 aromatic rings. The highest BCUT2D eigenvalue weighted by Crippen LogP contribution is 2.34. The molecule has 0 saturated carbocycles. The molecular formula is C15H19ClN2O3. The van der Waals surface area contributed by atoms with E-state index < -0.39 is 11.4 Å². The summed E-state index contributed by atoms with van der Waals surface area (Å²) in [4.78, 5) is 25.2. The van der Waals surface area contributed by atoms with Crippen LogP contribution < -0.4 is 5.32 Å². The van der Waals surface area contributed by atoms with Gasteiger partial charge in [-0.2, -0.15) is 0 Å². The van der Waals surface area contributed by atoms with Crippen molar-refractivity contribution in [3.05, 3.63) is 28.8 Å². The summed E-state index contributed by atoms with van der Waals surface area (Å²) in [6.45, 7) is 4.41. The van der Waals surface area contributed by atoms with E-state index in [9.17, 15) is 14.7 Å². The number of amides is 2. The predicted molar refractivity (Wildman–Crippen MR) is 81.8 cm³/mol. The number of nitrogens with one attached hydrogen (secondary N) is 1. The van der Waals surface area contributed by atoms with Crippen LogP contribution in [0.3, 0.4) is 0 Å². The lowest BCUT2D eigenvalue weighted by Gasteiger charge is -2.23. The van der Waals surface area contributed by atoms with Crippen molar-refractivity contribution in [1.29, 1.82) is 0 Å². The van der Waals surface area contributed by atoms with Gasteiger partial charge in [0, 0.05) is 23.8 Å². The monoisotopic (exact) mass is 310 g/mol. The number of likely N-dealkylation sites (tertiary alicyclic amines) is 1. The Balaban J connectivity index is 2.09. The molecule has 0 radical (unpaired) electrons. The Hall–Kier alpha value is -1.75. The lowest BCUT2D eigenvalue weighted by molar-refractivity contribution is -0.148. The highest BCUT2D eigenvalue weighted by atomic mass is 35.5. The molecule has 2 N–H and O–H groups in total. The van der Waals surface area contributed by atoms with Gasteiger partial charge in [-0.1, -0.05) is 24.6 Å². The average Bonchev–Trinajstić information content (AvgIpc) is 2.89. The Kier molecular flexibility index (Phi) is 4.42. The standard InChI is InChI=1S/C15H19ClN2O3/c1-3-15(13(19)20)6-7-18(9-15)14(21)17-12-8-11(16)5-4-10(12)2/h4-5,8H,3,6-7,9H2,1-2H3,(H,17,21)(H,19,20). The van der Waals surface area contributed by atoms with Gasteiger partial charge in [0.2, 0.25) is 0 Å². The Morgan fingerprint density at radius 1 is 1.48 bits per heavy atom. The van der Waals surface area contributed by atoms with Crippen LogP contribution in [-0.2, 0) is 4.79 Å². The molecule has 1 heterocycles. The third kappa shape index (κ3) is 3.13. The van der Waals surface area contributed by atoms with Crippen LogP contribution >= 0.6 is 11.6 Å². The van der Waals surface area contributed by atoms with Gasteiger partial charge in [-0.05, 0) is 37.5 Å². The number of aliphatic carboxylic acids is 1. The third-order valence-electron chi connectivity index (χ3n) is 4.21. The van der Waals surface area contributed by atoms with Crippen LogP contribution in [0.5, 0.6) is 0 Å². The highest BCUT2D eigenvalue weighted by Gasteiger charge is 2.44. The fourth-order valence-electron chi connectivity index (χ4n) is 2.58. The minimum atomic E-state index is -0.834. The summed E-state index contributed by atoms with van der Waals surface area (Å²) in [6.07, 6.45) is 1.00. The minimum Gasteiger partial charge on any atom is -0.481 e. The number of urea groups is 1. The van der Waals surface area contributed by atoms with Crippen molar-refractivity contribution in [1.82, 2.24) is 4.90 Å². The van der Waals surface area contributed by atoms with Crippen molar-refractivity contribution in [3.63, 3.8) is 0 Å². The number of carboxylic acids is 1. The first kappa shape index (κ1) is 15.6. The summed E-state index contributed by atoms with van der Waals surface area (Å²) in [6, 6.07) is 5.00. The SMILES string of the molecule is CCC1(C(=O)O)CCN(C(=O)Nc2cc(Cl)ccc2C)C1. The predicted octanol–water partition coefficient (Wildman–Crippen LogP) is 3.37. The first-order valence-corrected chi connectivity index (χ1v) is 7.31. The quantitative estimate of drug-likeness (QED) is 0.899. The van der Waals surface area contributed by atoms with Crippen LogP contribution in [0.1, 0.15) is 25.3 Å². The van der Waals surface area contributed by atoms with Crippen molar-refractivity contribution >= 4 is 29.3 Å². The number of benzene rings is 1. The van der Waals surface area contributed by atoms with Crippen LogP contribution in [0, 0.1) is 12.3 Å². The smallest absolute Gasteiger partial charge is 0.321 e. The summed E-state index contributed by atoms with van der Waals surface area (Å²) < 4.78 is 0. The number of carbonyl (C=O) groups excluding carboxylic acids is 1. The van der Waals surface area contributed by atoms with Gasteiger partial charge < -0.3 is 15.3 Å². The Labute approximate surface area is 128 Å². The van der Waals surface area contributed by atoms with Crippen LogP contribution in [-0.4, -0.2) is 35.1 Å². The van der Waals surface area contributed by atoms with Gasteiger partial charge in [0.1, 0.15) is 0 Å². The van der Waals surface area contributed by atoms with Crippen molar-refractivity contribution in [2.45, 2.75) is 26.7 Å². The van der Waals surface area contributed by atoms with Crippen molar-refractivity contribution in [2.75, 3.05) is 18.4 Å². The summed E-state index contributed by atoms with van der Waals surface area (Å²) in [5.41, 5.74) is 0.740. The Bertz CT molecular complexity index is 576. The molecule has 114 valence electrons. The number of aryl methyl sites for hydroxylation is 1. The zero-order chi connectivity index (χ0) is 15.6. The number of carbonyl (C=O) groups is 2. The molecule has 0 spiro atoms. The van der Waals surface area contributed by atoms with Gasteiger partial charge in [-0.15, -0.1) is 0 Å². The van der Waals surface area contributed by atoms with E-state index in [0.717, 1.165) is 5.56 Å². The van der Waals surface area contributed by atoms with Crippen LogP contribution in [0.4, 0.5) is 10.5 Å². The van der Waals surface area contributed by atoms with E-state index in [-0.39, 0.29) is 12.6 Å². The molecule has 1 aliphatic heterocycles. The molecule has 6 heteroatoms. The highest BCUT2D eigenvalue weighted by molar-refractivity contribution is 6.31. The van der Waals surface area contributed by atoms with E-state index in [1.165, 1.54) is 0 Å². The molecule has 1 fully saturated rings. The fourth-order valence-corrected chi connectivity index (χ4v) is 2.76. The fraction of sp³-hybridized carbons (Fsp3) is 0.467. The van der Waals surface area contributed by atoms with Crippen LogP contribution in [0.25, 0.3) is 0 Å². The van der Waals surface area contributed by atoms with E-state index in [0.29, 0.717) is 30.1 Å². The number of hydrogen-bond acceptors (Lipinski definition) is 2. The molecule has 0 aromatic heterocycles. The number of carboxylic acid groups (broad SMARTS) is 1. The van der Waals surface area contributed by atoms with E-state index in [4.69, 9.17) is 11.6 Å². The maximum atomic E-state index is 12.3. The van der Waals surface area contributed by atoms with Gasteiger partial charge in [-0.3, -0.25) is 4.79 Å². The molecule has 0 aliphatic carbocycles. The summed E-state index contributed by atoms with van der Waals surface area (Å²) in [5.74, 6) is -0.834. The molecule has 5 nitrogen and oxygen atoms in total. The normalized spacial score (nSPS) is 21.4. The van der Waals surface area contributed by atoms with E-state index in [2.05, 4.69) is 5.32 Å². The lowest BCUT2D eigenvalue weighted by Crippen LogP contribution is -2.38. The Morgan fingerprint density at radius 3 is 2.76 bits per heavy atom. The average molecular weight is 311 g/mol. The van der Waals surface area contributed by atoms with Gasteiger partial charge in [0.25, 0.3) is 0 Å². The zero-order valence-electron chi connectivity index (χ0n) is 12.1. The zero-order valence-corrected chi connectivity index (χ0v) is 12.9. The van der Waals surface area contributed by atoms with Gasteiger partial charge in [-0.25, -0.2) is 4.79 Å². The van der Waals surface area contributed by atoms with Crippen molar-refractivity contribution in [2.24, 2.45) is 5.41 Å². The van der Waals surface area contributed by atoms with Gasteiger partial charge in [0.15, 0.2) is 0 Å². The maximum absolute atomic E-state index is 12.3. The molecule has 2 amide bonds. The topological polar surface area (TPSA) is 69.6 Å². The minimum absolute atomic E-state index is 0.240. The van der Waals surface area contributed by atoms with Gasteiger partial charge in [0.05, 0.1) is 5.41 Å². The number of hydrogen-bond donors (Lipinski definition) is 2. The molecule has 1 saturated heterocycles. The molecule has 0 bridgehead atoms. The second-order valence-corrected chi connectivity index (χ2v) is 5.94. The third-order valence-corrected chi connectivity index (χ3v) is 4.45. The number of rotatable bonds is 3. The first-order valence-electron chi connectivity index (χ1n) is 6.93. The number of halogens is 1. The van der Waals surface area contributed by atoms with Crippen LogP contribution in [0.15, 0.2) is 18.2 Å². The van der Waals surface area contributed by atoms with Crippen molar-refractivity contribution in [3.8, 4) is 0 Å². The molecule has 1 unspecified atom stereocenters. The van der Waals surface area contributed by atoms with E-state index in [1.54, 1.807) is 17.0 Å².